The average Bonchev–Trinajstić information content (AvgIpc) is 3.32. The molecule has 0 fully saturated rings. The lowest BCUT2D eigenvalue weighted by Crippen LogP contribution is -2.44. The summed E-state index contributed by atoms with van der Waals surface area (Å²) in [6.45, 7) is 12.8. The Hall–Kier alpha value is -3.40. The maximum Gasteiger partial charge on any atom is 0.319 e. The molecule has 0 amide bonds. The van der Waals surface area contributed by atoms with Gasteiger partial charge in [-0.05, 0) is 55.4 Å². The van der Waals surface area contributed by atoms with E-state index >= 15 is 0 Å². The lowest BCUT2D eigenvalue weighted by atomic mass is 9.88. The molecular weight excluding hydrogens is 506 g/mol. The van der Waals surface area contributed by atoms with E-state index < -0.39 is 26.3 Å². The van der Waals surface area contributed by atoms with Gasteiger partial charge in [-0.2, -0.15) is 0 Å². The highest BCUT2D eigenvalue weighted by Crippen LogP contribution is 2.45. The monoisotopic (exact) mass is 545 g/mol. The first-order valence-electron chi connectivity index (χ1n) is 12.5. The van der Waals surface area contributed by atoms with E-state index in [9.17, 15) is 4.79 Å². The van der Waals surface area contributed by atoms with Crippen molar-refractivity contribution in [3.05, 3.63) is 41.5 Å². The zero-order valence-corrected chi connectivity index (χ0v) is 25.0. The largest absolute Gasteiger partial charge is 0.541 e. The van der Waals surface area contributed by atoms with Crippen molar-refractivity contribution in [1.29, 1.82) is 0 Å². The van der Waals surface area contributed by atoms with Crippen LogP contribution < -0.4 is 23.4 Å². The Kier molecular flexibility index (Phi) is 8.86. The van der Waals surface area contributed by atoms with Crippen molar-refractivity contribution in [1.82, 2.24) is 0 Å². The molecule has 10 heteroatoms. The number of methoxy groups -OCH3 is 4. The lowest BCUT2D eigenvalue weighted by molar-refractivity contribution is -0.148. The Morgan fingerprint density at radius 1 is 0.921 bits per heavy atom. The van der Waals surface area contributed by atoms with E-state index in [0.29, 0.717) is 45.6 Å². The molecule has 208 valence electrons. The van der Waals surface area contributed by atoms with E-state index in [1.807, 2.05) is 18.2 Å². The summed E-state index contributed by atoms with van der Waals surface area (Å²) in [5, 5.41) is 4.34. The number of rotatable bonds is 10. The van der Waals surface area contributed by atoms with Crippen LogP contribution in [0.4, 0.5) is 0 Å². The molecule has 9 nitrogen and oxygen atoms in total. The molecule has 0 spiro atoms. The summed E-state index contributed by atoms with van der Waals surface area (Å²) in [6, 6.07) is 9.00. The Labute approximate surface area is 226 Å². The van der Waals surface area contributed by atoms with Gasteiger partial charge in [-0.15, -0.1) is 0 Å². The van der Waals surface area contributed by atoms with Crippen molar-refractivity contribution in [2.45, 2.75) is 51.9 Å². The number of nitrogens with zero attached hydrogens (tertiary/aromatic N) is 1. The first-order valence-corrected chi connectivity index (χ1v) is 15.4. The van der Waals surface area contributed by atoms with Crippen molar-refractivity contribution in [2.24, 2.45) is 11.1 Å². The maximum atomic E-state index is 13.3. The van der Waals surface area contributed by atoms with Crippen LogP contribution in [0.25, 0.3) is 0 Å². The van der Waals surface area contributed by atoms with Gasteiger partial charge < -0.3 is 32.9 Å². The molecule has 1 heterocycles. The van der Waals surface area contributed by atoms with Crippen molar-refractivity contribution < 1.29 is 37.7 Å². The summed E-state index contributed by atoms with van der Waals surface area (Å²) < 4.78 is 34.1. The molecule has 2 aromatic carbocycles. The highest BCUT2D eigenvalue weighted by atomic mass is 28.4. The van der Waals surface area contributed by atoms with Crippen LogP contribution in [-0.2, 0) is 14.4 Å². The molecule has 0 N–H and O–H groups in total. The van der Waals surface area contributed by atoms with Crippen molar-refractivity contribution >= 4 is 20.0 Å². The van der Waals surface area contributed by atoms with E-state index in [1.54, 1.807) is 26.2 Å². The standard InChI is InChI=1S/C28H39NO8Si/c1-11-35-27(30)23-24(17-12-13-19(31-5)20(14-17)37-38(9,10)28(2,3)4)29-36-25(23)18-15-21(32-6)26(34-8)22(16-18)33-7/h12-16,23,25H,11H2,1-10H3/t23-,25+/m0/s1. The smallest absolute Gasteiger partial charge is 0.319 e. The first-order chi connectivity index (χ1) is 17.9. The van der Waals surface area contributed by atoms with E-state index in [1.165, 1.54) is 21.3 Å². The first kappa shape index (κ1) is 29.2. The normalized spacial score (nSPS) is 17.3. The van der Waals surface area contributed by atoms with Gasteiger partial charge in [-0.1, -0.05) is 25.9 Å². The van der Waals surface area contributed by atoms with Crippen LogP contribution in [0.15, 0.2) is 35.5 Å². The SMILES string of the molecule is CCOC(=O)[C@H]1C(c2ccc(OC)c(O[Si](C)(C)C(C)(C)C)c2)=NO[C@@H]1c1cc(OC)c(OC)c(OC)c1. The number of carbonyl (C=O) groups excluding carboxylic acids is 1. The summed E-state index contributed by atoms with van der Waals surface area (Å²) in [7, 11) is 4.01. The molecule has 0 aliphatic carbocycles. The molecular formula is C28H39NO8Si. The summed E-state index contributed by atoms with van der Waals surface area (Å²) in [6.07, 6.45) is -0.774. The average molecular weight is 546 g/mol. The van der Waals surface area contributed by atoms with Crippen LogP contribution >= 0.6 is 0 Å². The molecule has 2 atom stereocenters. The summed E-state index contributed by atoms with van der Waals surface area (Å²) >= 11 is 0. The topological polar surface area (TPSA) is 94.0 Å². The molecule has 0 radical (unpaired) electrons. The zero-order valence-electron chi connectivity index (χ0n) is 24.0. The fourth-order valence-electron chi connectivity index (χ4n) is 3.94. The fourth-order valence-corrected chi connectivity index (χ4v) is 4.95. The lowest BCUT2D eigenvalue weighted by Gasteiger charge is -2.36. The van der Waals surface area contributed by atoms with Crippen LogP contribution in [0, 0.1) is 5.92 Å². The fraction of sp³-hybridized carbons (Fsp3) is 0.500. The Morgan fingerprint density at radius 3 is 2.03 bits per heavy atom. The van der Waals surface area contributed by atoms with Gasteiger partial charge in [0.25, 0.3) is 8.32 Å². The second kappa shape index (κ2) is 11.5. The van der Waals surface area contributed by atoms with Gasteiger partial charge in [-0.3, -0.25) is 4.79 Å². The number of esters is 1. The highest BCUT2D eigenvalue weighted by molar-refractivity contribution is 6.74. The van der Waals surface area contributed by atoms with Crippen LogP contribution in [0.1, 0.15) is 44.9 Å². The van der Waals surface area contributed by atoms with Crippen LogP contribution in [-0.4, -0.2) is 55.0 Å². The van der Waals surface area contributed by atoms with E-state index in [4.69, 9.17) is 32.9 Å². The quantitative estimate of drug-likeness (QED) is 0.275. The van der Waals surface area contributed by atoms with Crippen molar-refractivity contribution in [3.63, 3.8) is 0 Å². The molecule has 38 heavy (non-hydrogen) atoms. The molecule has 0 aromatic heterocycles. The Balaban J connectivity index is 2.08. The third-order valence-corrected chi connectivity index (χ3v) is 11.4. The second-order valence-corrected chi connectivity index (χ2v) is 15.1. The number of hydrogen-bond acceptors (Lipinski definition) is 9. The third kappa shape index (κ3) is 5.69. The van der Waals surface area contributed by atoms with Gasteiger partial charge in [0.15, 0.2) is 23.4 Å². The molecule has 1 aliphatic heterocycles. The van der Waals surface area contributed by atoms with E-state index in [2.05, 4.69) is 39.0 Å². The third-order valence-electron chi connectivity index (χ3n) is 7.05. The molecule has 2 aromatic rings. The Bertz CT molecular complexity index is 1160. The molecule has 0 saturated carbocycles. The second-order valence-electron chi connectivity index (χ2n) is 10.4. The summed E-state index contributed by atoms with van der Waals surface area (Å²) in [5.41, 5.74) is 1.74. The van der Waals surface area contributed by atoms with Gasteiger partial charge in [-0.25, -0.2) is 0 Å². The molecule has 0 saturated heterocycles. The van der Waals surface area contributed by atoms with Gasteiger partial charge in [0.05, 0.1) is 35.0 Å². The zero-order chi connectivity index (χ0) is 28.3. The number of ether oxygens (including phenoxy) is 5. The highest BCUT2D eigenvalue weighted by Gasteiger charge is 2.44. The van der Waals surface area contributed by atoms with Gasteiger partial charge >= 0.3 is 5.97 Å². The molecule has 0 unspecified atom stereocenters. The molecule has 1 aliphatic rings. The van der Waals surface area contributed by atoms with Crippen molar-refractivity contribution in [2.75, 3.05) is 35.0 Å². The number of benzene rings is 2. The van der Waals surface area contributed by atoms with Crippen LogP contribution in [0.2, 0.25) is 18.1 Å². The maximum absolute atomic E-state index is 13.3. The number of carbonyl (C=O) groups is 1. The predicted molar refractivity (Wildman–Crippen MR) is 147 cm³/mol. The Morgan fingerprint density at radius 2 is 1.53 bits per heavy atom. The number of oxime groups is 1. The predicted octanol–water partition coefficient (Wildman–Crippen LogP) is 5.76. The summed E-state index contributed by atoms with van der Waals surface area (Å²) in [5.74, 6) is 1.22. The number of hydrogen-bond donors (Lipinski definition) is 0. The van der Waals surface area contributed by atoms with Crippen LogP contribution in [0.3, 0.4) is 0 Å². The molecule has 0 bridgehead atoms. The van der Waals surface area contributed by atoms with E-state index in [-0.39, 0.29) is 11.6 Å². The minimum Gasteiger partial charge on any atom is -0.541 e. The van der Waals surface area contributed by atoms with Gasteiger partial charge in [0.2, 0.25) is 5.75 Å². The van der Waals surface area contributed by atoms with E-state index in [0.717, 1.165) is 0 Å². The van der Waals surface area contributed by atoms with Gasteiger partial charge in [0.1, 0.15) is 17.4 Å². The van der Waals surface area contributed by atoms with Gasteiger partial charge in [0, 0.05) is 11.1 Å². The minimum atomic E-state index is -2.19. The molecule has 3 rings (SSSR count). The minimum absolute atomic E-state index is 0.0208. The van der Waals surface area contributed by atoms with Crippen LogP contribution in [0.5, 0.6) is 28.7 Å². The van der Waals surface area contributed by atoms with Crippen molar-refractivity contribution in [3.8, 4) is 28.7 Å². The summed E-state index contributed by atoms with van der Waals surface area (Å²) in [4.78, 5) is 19.2.